The van der Waals surface area contributed by atoms with Crippen molar-refractivity contribution < 1.29 is 4.79 Å². The molecular formula is C22H20N6O2. The van der Waals surface area contributed by atoms with Gasteiger partial charge in [-0.15, -0.1) is 5.10 Å². The number of hydrogen-bond acceptors (Lipinski definition) is 5. The number of hydrogen-bond donors (Lipinski definition) is 0. The van der Waals surface area contributed by atoms with E-state index in [2.05, 4.69) is 15.2 Å². The Morgan fingerprint density at radius 1 is 1.03 bits per heavy atom. The fraction of sp³-hybridized carbons (Fsp3) is 0.227. The van der Waals surface area contributed by atoms with Gasteiger partial charge in [0, 0.05) is 13.1 Å². The highest BCUT2D eigenvalue weighted by molar-refractivity contribution is 5.92. The molecule has 30 heavy (non-hydrogen) atoms. The summed E-state index contributed by atoms with van der Waals surface area (Å²) in [4.78, 5) is 33.6. The summed E-state index contributed by atoms with van der Waals surface area (Å²) >= 11 is 0. The molecule has 3 heterocycles. The molecular weight excluding hydrogens is 380 g/mol. The number of fused-ring (bicyclic) bond motifs is 1. The molecule has 1 aliphatic rings. The van der Waals surface area contributed by atoms with Crippen LogP contribution in [0.25, 0.3) is 16.6 Å². The number of carbonyl (C=O) groups excluding carboxylic acids is 1. The van der Waals surface area contributed by atoms with Crippen molar-refractivity contribution in [3.63, 3.8) is 0 Å². The number of benzene rings is 2. The molecule has 4 aromatic rings. The van der Waals surface area contributed by atoms with Crippen LogP contribution < -0.4 is 5.56 Å². The van der Waals surface area contributed by atoms with E-state index in [4.69, 9.17) is 0 Å². The van der Waals surface area contributed by atoms with Crippen LogP contribution in [0.1, 0.15) is 29.4 Å². The van der Waals surface area contributed by atoms with Crippen LogP contribution in [-0.2, 0) is 0 Å². The molecule has 0 spiro atoms. The van der Waals surface area contributed by atoms with Gasteiger partial charge in [0.05, 0.1) is 35.2 Å². The number of likely N-dealkylation sites (tertiary alicyclic amines) is 1. The van der Waals surface area contributed by atoms with E-state index < -0.39 is 0 Å². The van der Waals surface area contributed by atoms with Crippen molar-refractivity contribution in [3.05, 3.63) is 83.2 Å². The minimum atomic E-state index is -0.177. The summed E-state index contributed by atoms with van der Waals surface area (Å²) in [7, 11) is 0. The molecule has 0 N–H and O–H groups in total. The van der Waals surface area contributed by atoms with Crippen molar-refractivity contribution in [2.45, 2.75) is 18.9 Å². The van der Waals surface area contributed by atoms with Crippen LogP contribution in [0, 0.1) is 0 Å². The molecule has 1 unspecified atom stereocenters. The van der Waals surface area contributed by atoms with E-state index in [-0.39, 0.29) is 17.5 Å². The van der Waals surface area contributed by atoms with Crippen LogP contribution in [0.3, 0.4) is 0 Å². The molecule has 8 nitrogen and oxygen atoms in total. The summed E-state index contributed by atoms with van der Waals surface area (Å²) in [5.41, 5.74) is 1.69. The van der Waals surface area contributed by atoms with Gasteiger partial charge >= 0.3 is 0 Å². The molecule has 5 rings (SSSR count). The molecule has 2 aromatic heterocycles. The van der Waals surface area contributed by atoms with E-state index in [0.29, 0.717) is 29.7 Å². The van der Waals surface area contributed by atoms with Gasteiger partial charge < -0.3 is 4.90 Å². The van der Waals surface area contributed by atoms with Gasteiger partial charge in [-0.05, 0) is 37.1 Å². The highest BCUT2D eigenvalue weighted by Gasteiger charge is 2.28. The van der Waals surface area contributed by atoms with Gasteiger partial charge in [0.15, 0.2) is 5.69 Å². The zero-order valence-electron chi connectivity index (χ0n) is 16.3. The van der Waals surface area contributed by atoms with E-state index >= 15 is 0 Å². The molecule has 0 radical (unpaired) electrons. The number of amides is 1. The number of para-hydroxylation sites is 2. The van der Waals surface area contributed by atoms with Crippen molar-refractivity contribution in [2.75, 3.05) is 13.1 Å². The first kappa shape index (κ1) is 18.2. The first-order valence-corrected chi connectivity index (χ1v) is 9.93. The highest BCUT2D eigenvalue weighted by Crippen LogP contribution is 2.22. The van der Waals surface area contributed by atoms with Gasteiger partial charge in [-0.3, -0.25) is 14.2 Å². The summed E-state index contributed by atoms with van der Waals surface area (Å²) < 4.78 is 1.66. The minimum absolute atomic E-state index is 0.0741. The Hall–Kier alpha value is -3.81. The second-order valence-electron chi connectivity index (χ2n) is 7.38. The van der Waals surface area contributed by atoms with Crippen molar-refractivity contribution >= 4 is 16.8 Å². The van der Waals surface area contributed by atoms with Gasteiger partial charge in [-0.2, -0.15) is 9.90 Å². The molecule has 8 heteroatoms. The van der Waals surface area contributed by atoms with E-state index in [1.807, 2.05) is 48.5 Å². The molecule has 0 aliphatic carbocycles. The largest absolute Gasteiger partial charge is 0.335 e. The third-order valence-corrected chi connectivity index (χ3v) is 5.47. The third-order valence-electron chi connectivity index (χ3n) is 5.47. The maximum atomic E-state index is 13.0. The molecule has 1 saturated heterocycles. The molecule has 150 valence electrons. The lowest BCUT2D eigenvalue weighted by Crippen LogP contribution is -2.43. The highest BCUT2D eigenvalue weighted by atomic mass is 16.2. The Balaban J connectivity index is 1.38. The fourth-order valence-corrected chi connectivity index (χ4v) is 3.92. The van der Waals surface area contributed by atoms with Gasteiger partial charge in [0.25, 0.3) is 11.5 Å². The second kappa shape index (κ2) is 7.55. The standard InChI is InChI=1S/C22H20N6O2/c29-21-18-10-4-5-11-19(18)23-15-27(21)17-9-6-12-26(14-17)22(30)20-13-24-28(25-20)16-7-2-1-3-8-16/h1-5,7-8,10-11,13,15,17H,6,9,12,14H2. The minimum Gasteiger partial charge on any atom is -0.335 e. The number of piperidine rings is 1. The second-order valence-corrected chi connectivity index (χ2v) is 7.38. The topological polar surface area (TPSA) is 85.9 Å². The summed E-state index contributed by atoms with van der Waals surface area (Å²) in [6.45, 7) is 1.07. The van der Waals surface area contributed by atoms with Gasteiger partial charge in [0.1, 0.15) is 0 Å². The fourth-order valence-electron chi connectivity index (χ4n) is 3.92. The zero-order chi connectivity index (χ0) is 20.5. The van der Waals surface area contributed by atoms with Crippen LogP contribution in [0.2, 0.25) is 0 Å². The number of nitrogens with zero attached hydrogens (tertiary/aromatic N) is 6. The quantitative estimate of drug-likeness (QED) is 0.527. The van der Waals surface area contributed by atoms with Crippen molar-refractivity contribution in [1.82, 2.24) is 29.4 Å². The van der Waals surface area contributed by atoms with Crippen LogP contribution in [0.5, 0.6) is 0 Å². The van der Waals surface area contributed by atoms with E-state index in [1.54, 1.807) is 21.9 Å². The van der Waals surface area contributed by atoms with Gasteiger partial charge in [-0.25, -0.2) is 4.98 Å². The summed E-state index contributed by atoms with van der Waals surface area (Å²) in [5, 5.41) is 9.16. The monoisotopic (exact) mass is 400 g/mol. The van der Waals surface area contributed by atoms with Crippen molar-refractivity contribution in [1.29, 1.82) is 0 Å². The van der Waals surface area contributed by atoms with E-state index in [9.17, 15) is 9.59 Å². The smallest absolute Gasteiger partial charge is 0.276 e. The summed E-state index contributed by atoms with van der Waals surface area (Å²) in [6, 6.07) is 16.7. The maximum Gasteiger partial charge on any atom is 0.276 e. The lowest BCUT2D eigenvalue weighted by Gasteiger charge is -2.33. The number of aromatic nitrogens is 5. The van der Waals surface area contributed by atoms with Crippen LogP contribution in [0.15, 0.2) is 71.9 Å². The zero-order valence-corrected chi connectivity index (χ0v) is 16.3. The number of rotatable bonds is 3. The average Bonchev–Trinajstić information content (AvgIpc) is 3.30. The van der Waals surface area contributed by atoms with E-state index in [0.717, 1.165) is 18.5 Å². The van der Waals surface area contributed by atoms with E-state index in [1.165, 1.54) is 11.0 Å². The first-order chi connectivity index (χ1) is 14.7. The molecule has 0 bridgehead atoms. The summed E-state index contributed by atoms with van der Waals surface area (Å²) in [5.74, 6) is -0.177. The first-order valence-electron chi connectivity index (χ1n) is 9.93. The predicted octanol–water partition coefficient (Wildman–Crippen LogP) is 2.45. The Kier molecular flexibility index (Phi) is 4.59. The van der Waals surface area contributed by atoms with Crippen molar-refractivity contribution in [3.8, 4) is 5.69 Å². The lowest BCUT2D eigenvalue weighted by atomic mass is 10.0. The molecule has 1 aliphatic heterocycles. The Morgan fingerprint density at radius 3 is 2.70 bits per heavy atom. The molecule has 2 aromatic carbocycles. The molecule has 1 amide bonds. The Bertz CT molecular complexity index is 1260. The Morgan fingerprint density at radius 2 is 1.83 bits per heavy atom. The SMILES string of the molecule is O=C(c1cnn(-c2ccccc2)n1)N1CCCC(n2cnc3ccccc3c2=O)C1. The van der Waals surface area contributed by atoms with Crippen molar-refractivity contribution in [2.24, 2.45) is 0 Å². The van der Waals surface area contributed by atoms with Gasteiger partial charge in [-0.1, -0.05) is 30.3 Å². The third kappa shape index (κ3) is 3.26. The Labute approximate surface area is 172 Å². The summed E-state index contributed by atoms with van der Waals surface area (Å²) in [6.07, 6.45) is 4.71. The lowest BCUT2D eigenvalue weighted by molar-refractivity contribution is 0.0671. The van der Waals surface area contributed by atoms with Gasteiger partial charge in [0.2, 0.25) is 0 Å². The molecule has 1 fully saturated rings. The molecule has 0 saturated carbocycles. The van der Waals surface area contributed by atoms with Crippen LogP contribution >= 0.6 is 0 Å². The maximum absolute atomic E-state index is 13.0. The van der Waals surface area contributed by atoms with Crippen LogP contribution in [0.4, 0.5) is 0 Å². The molecule has 1 atom stereocenters. The number of carbonyl (C=O) groups is 1. The normalized spacial score (nSPS) is 16.7. The average molecular weight is 400 g/mol. The van der Waals surface area contributed by atoms with Crippen LogP contribution in [-0.4, -0.2) is 48.4 Å². The predicted molar refractivity (Wildman–Crippen MR) is 112 cm³/mol.